The van der Waals surface area contributed by atoms with Crippen LogP contribution >= 0.6 is 11.8 Å². The topological polar surface area (TPSA) is 3.24 Å². The summed E-state index contributed by atoms with van der Waals surface area (Å²) >= 11 is 2.19. The molecular weight excluding hydrogens is 250 g/mol. The summed E-state index contributed by atoms with van der Waals surface area (Å²) in [5.74, 6) is 1.34. The lowest BCUT2D eigenvalue weighted by atomic mass is 10.1. The van der Waals surface area contributed by atoms with E-state index in [1.165, 1.54) is 56.4 Å². The number of nitrogens with zero attached hydrogens (tertiary/aromatic N) is 1. The molecule has 1 atom stereocenters. The van der Waals surface area contributed by atoms with E-state index in [9.17, 15) is 0 Å². The Labute approximate surface area is 122 Å². The minimum absolute atomic E-state index is 0.755. The van der Waals surface area contributed by atoms with Crippen molar-refractivity contribution in [3.63, 3.8) is 0 Å². The summed E-state index contributed by atoms with van der Waals surface area (Å²) in [6, 6.07) is 10.9. The molecule has 19 heavy (non-hydrogen) atoms. The van der Waals surface area contributed by atoms with Gasteiger partial charge in [-0.05, 0) is 43.5 Å². The molecule has 0 saturated carbocycles. The molecule has 1 nitrogen and oxygen atoms in total. The molecular formula is C17H27NS. The lowest BCUT2D eigenvalue weighted by Crippen LogP contribution is -2.37. The number of hydrogen-bond donors (Lipinski definition) is 0. The van der Waals surface area contributed by atoms with Crippen molar-refractivity contribution in [3.05, 3.63) is 35.9 Å². The second-order valence-electron chi connectivity index (χ2n) is 5.48. The standard InChI is InChI=1S/C17H27NS/c1-2-3-9-14-19-17-12-7-8-13-18(17)15-16-10-5-4-6-11-16/h4-6,10-11,17H,2-3,7-9,12-15H2,1H3. The smallest absolute Gasteiger partial charge is 0.0560 e. The zero-order valence-electron chi connectivity index (χ0n) is 12.2. The number of piperidine rings is 1. The van der Waals surface area contributed by atoms with E-state index in [4.69, 9.17) is 0 Å². The van der Waals surface area contributed by atoms with Gasteiger partial charge in [0, 0.05) is 6.54 Å². The van der Waals surface area contributed by atoms with Crippen LogP contribution < -0.4 is 0 Å². The lowest BCUT2D eigenvalue weighted by Gasteiger charge is -2.35. The first-order valence-electron chi connectivity index (χ1n) is 7.79. The zero-order valence-corrected chi connectivity index (χ0v) is 13.0. The van der Waals surface area contributed by atoms with Crippen molar-refractivity contribution in [2.75, 3.05) is 12.3 Å². The van der Waals surface area contributed by atoms with Crippen molar-refractivity contribution < 1.29 is 0 Å². The molecule has 1 aliphatic heterocycles. The maximum absolute atomic E-state index is 2.69. The fraction of sp³-hybridized carbons (Fsp3) is 0.647. The molecule has 0 aliphatic carbocycles. The molecule has 1 unspecified atom stereocenters. The Kier molecular flexibility index (Phi) is 6.80. The second kappa shape index (κ2) is 8.65. The van der Waals surface area contributed by atoms with Gasteiger partial charge < -0.3 is 0 Å². The van der Waals surface area contributed by atoms with Crippen LogP contribution in [0, 0.1) is 0 Å². The van der Waals surface area contributed by atoms with Gasteiger partial charge in [0.05, 0.1) is 5.37 Å². The van der Waals surface area contributed by atoms with E-state index in [0.29, 0.717) is 0 Å². The minimum atomic E-state index is 0.755. The maximum Gasteiger partial charge on any atom is 0.0560 e. The first kappa shape index (κ1) is 14.9. The Bertz CT molecular complexity index is 338. The second-order valence-corrected chi connectivity index (χ2v) is 6.77. The van der Waals surface area contributed by atoms with Crippen molar-refractivity contribution in [1.82, 2.24) is 4.90 Å². The van der Waals surface area contributed by atoms with Gasteiger partial charge in [-0.15, -0.1) is 11.8 Å². The van der Waals surface area contributed by atoms with Crippen molar-refractivity contribution in [2.24, 2.45) is 0 Å². The predicted molar refractivity (Wildman–Crippen MR) is 86.5 cm³/mol. The number of likely N-dealkylation sites (tertiary alicyclic amines) is 1. The Morgan fingerprint density at radius 2 is 2.00 bits per heavy atom. The molecule has 1 fully saturated rings. The van der Waals surface area contributed by atoms with Crippen LogP contribution in [-0.4, -0.2) is 22.6 Å². The van der Waals surface area contributed by atoms with Crippen molar-refractivity contribution in [2.45, 2.75) is 57.4 Å². The number of rotatable bonds is 7. The number of benzene rings is 1. The SMILES string of the molecule is CCCCCSC1CCCCN1Cc1ccccc1. The normalized spacial score (nSPS) is 20.6. The summed E-state index contributed by atoms with van der Waals surface area (Å²) in [5, 5.41) is 0.755. The molecule has 1 saturated heterocycles. The Hall–Kier alpha value is -0.470. The van der Waals surface area contributed by atoms with Gasteiger partial charge in [0.15, 0.2) is 0 Å². The van der Waals surface area contributed by atoms with Crippen molar-refractivity contribution >= 4 is 11.8 Å². The van der Waals surface area contributed by atoms with E-state index in [1.54, 1.807) is 0 Å². The third-order valence-electron chi connectivity index (χ3n) is 3.84. The van der Waals surface area contributed by atoms with Crippen LogP contribution in [0.5, 0.6) is 0 Å². The fourth-order valence-corrected chi connectivity index (χ4v) is 4.09. The summed E-state index contributed by atoms with van der Waals surface area (Å²) < 4.78 is 0. The molecule has 1 heterocycles. The average Bonchev–Trinajstić information content (AvgIpc) is 2.46. The summed E-state index contributed by atoms with van der Waals surface area (Å²) in [7, 11) is 0. The van der Waals surface area contributed by atoms with Crippen LogP contribution in [0.4, 0.5) is 0 Å². The molecule has 0 amide bonds. The summed E-state index contributed by atoms with van der Waals surface area (Å²) in [6.45, 7) is 4.69. The monoisotopic (exact) mass is 277 g/mol. The van der Waals surface area contributed by atoms with Crippen LogP contribution in [0.1, 0.15) is 51.0 Å². The summed E-state index contributed by atoms with van der Waals surface area (Å²) in [5.41, 5.74) is 1.46. The van der Waals surface area contributed by atoms with Crippen molar-refractivity contribution in [1.29, 1.82) is 0 Å². The highest BCUT2D eigenvalue weighted by atomic mass is 32.2. The Morgan fingerprint density at radius 3 is 2.79 bits per heavy atom. The predicted octanol–water partition coefficient (Wildman–Crippen LogP) is 4.92. The van der Waals surface area contributed by atoms with Gasteiger partial charge in [0.25, 0.3) is 0 Å². The number of hydrogen-bond acceptors (Lipinski definition) is 2. The Balaban J connectivity index is 1.82. The van der Waals surface area contributed by atoms with Crippen molar-refractivity contribution in [3.8, 4) is 0 Å². The van der Waals surface area contributed by atoms with Gasteiger partial charge in [0.2, 0.25) is 0 Å². The van der Waals surface area contributed by atoms with E-state index in [-0.39, 0.29) is 0 Å². The molecule has 1 aliphatic rings. The van der Waals surface area contributed by atoms with Gasteiger partial charge >= 0.3 is 0 Å². The Morgan fingerprint density at radius 1 is 1.16 bits per heavy atom. The minimum Gasteiger partial charge on any atom is -0.287 e. The van der Waals surface area contributed by atoms with Crippen LogP contribution in [0.3, 0.4) is 0 Å². The highest BCUT2D eigenvalue weighted by molar-refractivity contribution is 7.99. The molecule has 2 rings (SSSR count). The van der Waals surface area contributed by atoms with Crippen LogP contribution in [-0.2, 0) is 6.54 Å². The summed E-state index contributed by atoms with van der Waals surface area (Å²) in [4.78, 5) is 2.69. The first-order chi connectivity index (χ1) is 9.40. The molecule has 0 spiro atoms. The first-order valence-corrected chi connectivity index (χ1v) is 8.84. The quantitative estimate of drug-likeness (QED) is 0.651. The molecule has 0 radical (unpaired) electrons. The van der Waals surface area contributed by atoms with E-state index in [0.717, 1.165) is 11.9 Å². The van der Waals surface area contributed by atoms with Gasteiger partial charge in [-0.1, -0.05) is 50.1 Å². The number of thioether (sulfide) groups is 1. The van der Waals surface area contributed by atoms with E-state index in [2.05, 4.69) is 53.9 Å². The fourth-order valence-electron chi connectivity index (χ4n) is 2.72. The average molecular weight is 277 g/mol. The lowest BCUT2D eigenvalue weighted by molar-refractivity contribution is 0.198. The molecule has 106 valence electrons. The molecule has 0 N–H and O–H groups in total. The zero-order chi connectivity index (χ0) is 13.3. The maximum atomic E-state index is 2.69. The highest BCUT2D eigenvalue weighted by Gasteiger charge is 2.22. The molecule has 0 aromatic heterocycles. The molecule has 1 aromatic rings. The highest BCUT2D eigenvalue weighted by Crippen LogP contribution is 2.28. The van der Waals surface area contributed by atoms with E-state index >= 15 is 0 Å². The van der Waals surface area contributed by atoms with Gasteiger partial charge in [-0.2, -0.15) is 0 Å². The van der Waals surface area contributed by atoms with Gasteiger partial charge in [-0.3, -0.25) is 4.90 Å². The molecule has 1 aromatic carbocycles. The van der Waals surface area contributed by atoms with E-state index in [1.807, 2.05) is 0 Å². The third-order valence-corrected chi connectivity index (χ3v) is 5.28. The number of unbranched alkanes of at least 4 members (excludes halogenated alkanes) is 2. The van der Waals surface area contributed by atoms with Crippen LogP contribution in [0.15, 0.2) is 30.3 Å². The largest absolute Gasteiger partial charge is 0.287 e. The van der Waals surface area contributed by atoms with Gasteiger partial charge in [0.1, 0.15) is 0 Å². The van der Waals surface area contributed by atoms with E-state index < -0.39 is 0 Å². The van der Waals surface area contributed by atoms with Gasteiger partial charge in [-0.25, -0.2) is 0 Å². The van der Waals surface area contributed by atoms with Crippen LogP contribution in [0.25, 0.3) is 0 Å². The molecule has 0 bridgehead atoms. The molecule has 2 heteroatoms. The third kappa shape index (κ3) is 5.19. The summed E-state index contributed by atoms with van der Waals surface area (Å²) in [6.07, 6.45) is 8.27. The van der Waals surface area contributed by atoms with Crippen LogP contribution in [0.2, 0.25) is 0 Å².